The lowest BCUT2D eigenvalue weighted by molar-refractivity contribution is -0.141. The number of hydrogen-bond donors (Lipinski definition) is 3. The monoisotopic (exact) mass is 386 g/mol. The second-order valence-electron chi connectivity index (χ2n) is 7.17. The molecule has 1 fully saturated rings. The van der Waals surface area contributed by atoms with Crippen molar-refractivity contribution in [3.8, 4) is 0 Å². The summed E-state index contributed by atoms with van der Waals surface area (Å²) in [4.78, 5) is 32.1. The van der Waals surface area contributed by atoms with Crippen molar-refractivity contribution >= 4 is 28.3 Å². The molecule has 2 atom stereocenters. The number of aliphatic carboxylic acids is 1. The van der Waals surface area contributed by atoms with Crippen LogP contribution in [-0.4, -0.2) is 53.5 Å². The van der Waals surface area contributed by atoms with Gasteiger partial charge in [-0.25, -0.2) is 4.98 Å². The van der Waals surface area contributed by atoms with Crippen LogP contribution < -0.4 is 10.6 Å². The van der Waals surface area contributed by atoms with Crippen LogP contribution in [0.3, 0.4) is 0 Å². The van der Waals surface area contributed by atoms with Gasteiger partial charge >= 0.3 is 5.97 Å². The van der Waals surface area contributed by atoms with E-state index in [9.17, 15) is 14.7 Å². The number of aromatic nitrogens is 1. The quantitative estimate of drug-likeness (QED) is 0.741. The number of amides is 1. The zero-order valence-electron chi connectivity index (χ0n) is 15.1. The Morgan fingerprint density at radius 2 is 2.22 bits per heavy atom. The van der Waals surface area contributed by atoms with Crippen molar-refractivity contribution in [3.05, 3.63) is 46.0 Å². The Balaban J connectivity index is 1.50. The van der Waals surface area contributed by atoms with E-state index in [4.69, 9.17) is 0 Å². The van der Waals surface area contributed by atoms with Gasteiger partial charge in [-0.05, 0) is 24.7 Å². The molecule has 142 valence electrons. The van der Waals surface area contributed by atoms with E-state index in [0.717, 1.165) is 30.8 Å². The fourth-order valence-electron chi connectivity index (χ4n) is 3.74. The molecule has 2 aromatic rings. The molecule has 27 heavy (non-hydrogen) atoms. The standard InChI is InChI=1S/C19H22N4O3S/c1-23-6-5-15-16(10-23)27-19(21-15)22-17(24)12-4-2-3-11(7-12)13-8-20-9-14(13)18(25)26/h2-4,7,13-14,20H,5-6,8-10H2,1H3,(H,25,26)(H,21,22,24)/t13-,14+/m1/s1. The fourth-order valence-corrected chi connectivity index (χ4v) is 4.83. The van der Waals surface area contributed by atoms with Crippen LogP contribution in [0, 0.1) is 5.92 Å². The molecular weight excluding hydrogens is 364 g/mol. The summed E-state index contributed by atoms with van der Waals surface area (Å²) in [6.45, 7) is 2.90. The Hall–Kier alpha value is -2.29. The largest absolute Gasteiger partial charge is 0.481 e. The number of carbonyl (C=O) groups excluding carboxylic acids is 1. The molecule has 2 aliphatic heterocycles. The van der Waals surface area contributed by atoms with Crippen molar-refractivity contribution in [2.45, 2.75) is 18.9 Å². The number of rotatable bonds is 4. The average molecular weight is 386 g/mol. The van der Waals surface area contributed by atoms with Gasteiger partial charge in [-0.15, -0.1) is 11.3 Å². The Labute approximate surface area is 161 Å². The molecule has 0 aliphatic carbocycles. The number of carboxylic acid groups (broad SMARTS) is 1. The molecule has 8 heteroatoms. The van der Waals surface area contributed by atoms with E-state index in [0.29, 0.717) is 23.8 Å². The van der Waals surface area contributed by atoms with Crippen LogP contribution in [0.2, 0.25) is 0 Å². The van der Waals surface area contributed by atoms with Gasteiger partial charge < -0.3 is 15.3 Å². The number of benzene rings is 1. The number of hydrogen-bond acceptors (Lipinski definition) is 6. The van der Waals surface area contributed by atoms with Gasteiger partial charge in [0.05, 0.1) is 11.6 Å². The van der Waals surface area contributed by atoms with Crippen molar-refractivity contribution in [1.29, 1.82) is 0 Å². The van der Waals surface area contributed by atoms with Crippen LogP contribution >= 0.6 is 11.3 Å². The normalized spacial score (nSPS) is 22.4. The maximum absolute atomic E-state index is 12.7. The van der Waals surface area contributed by atoms with Gasteiger partial charge in [0.25, 0.3) is 5.91 Å². The first-order valence-corrected chi connectivity index (χ1v) is 9.85. The zero-order chi connectivity index (χ0) is 19.0. The molecule has 1 aromatic carbocycles. The molecule has 1 amide bonds. The highest BCUT2D eigenvalue weighted by Crippen LogP contribution is 2.30. The zero-order valence-corrected chi connectivity index (χ0v) is 15.9. The van der Waals surface area contributed by atoms with Crippen LogP contribution in [0.25, 0.3) is 0 Å². The number of carbonyl (C=O) groups is 2. The SMILES string of the molecule is CN1CCc2nc(NC(=O)c3cccc([C@H]4CNC[C@@H]4C(=O)O)c3)sc2C1. The number of likely N-dealkylation sites (N-methyl/N-ethyl adjacent to an activating group) is 1. The van der Waals surface area contributed by atoms with Crippen molar-refractivity contribution in [2.24, 2.45) is 5.92 Å². The topological polar surface area (TPSA) is 94.6 Å². The van der Waals surface area contributed by atoms with Crippen molar-refractivity contribution < 1.29 is 14.7 Å². The summed E-state index contributed by atoms with van der Waals surface area (Å²) in [5.41, 5.74) is 2.47. The van der Waals surface area contributed by atoms with E-state index in [1.54, 1.807) is 12.1 Å². The Bertz CT molecular complexity index is 882. The molecule has 1 saturated heterocycles. The lowest BCUT2D eigenvalue weighted by Gasteiger charge is -2.20. The molecule has 3 heterocycles. The number of fused-ring (bicyclic) bond motifs is 1. The minimum absolute atomic E-state index is 0.127. The molecule has 7 nitrogen and oxygen atoms in total. The average Bonchev–Trinajstić information content (AvgIpc) is 3.28. The molecule has 0 saturated carbocycles. The summed E-state index contributed by atoms with van der Waals surface area (Å²) < 4.78 is 0. The smallest absolute Gasteiger partial charge is 0.308 e. The number of anilines is 1. The lowest BCUT2D eigenvalue weighted by Crippen LogP contribution is -2.25. The third-order valence-electron chi connectivity index (χ3n) is 5.25. The highest BCUT2D eigenvalue weighted by atomic mass is 32.1. The molecule has 2 aliphatic rings. The lowest BCUT2D eigenvalue weighted by atomic mass is 9.88. The van der Waals surface area contributed by atoms with Crippen LogP contribution in [-0.2, 0) is 17.8 Å². The minimum atomic E-state index is -0.807. The van der Waals surface area contributed by atoms with Gasteiger partial charge in [-0.1, -0.05) is 12.1 Å². The summed E-state index contributed by atoms with van der Waals surface area (Å²) >= 11 is 1.52. The maximum atomic E-state index is 12.7. The first-order chi connectivity index (χ1) is 13.0. The summed E-state index contributed by atoms with van der Waals surface area (Å²) in [5.74, 6) is -1.61. The van der Waals surface area contributed by atoms with Gasteiger partial charge in [-0.2, -0.15) is 0 Å². The minimum Gasteiger partial charge on any atom is -0.481 e. The number of nitrogens with zero attached hydrogens (tertiary/aromatic N) is 2. The van der Waals surface area contributed by atoms with E-state index in [2.05, 4.69) is 27.6 Å². The van der Waals surface area contributed by atoms with Gasteiger partial charge in [0, 0.05) is 49.0 Å². The molecule has 3 N–H and O–H groups in total. The Morgan fingerprint density at radius 3 is 3.04 bits per heavy atom. The second-order valence-corrected chi connectivity index (χ2v) is 8.25. The van der Waals surface area contributed by atoms with Crippen molar-refractivity contribution in [3.63, 3.8) is 0 Å². The van der Waals surface area contributed by atoms with E-state index in [-0.39, 0.29) is 11.8 Å². The molecule has 0 radical (unpaired) electrons. The maximum Gasteiger partial charge on any atom is 0.308 e. The van der Waals surface area contributed by atoms with Crippen molar-refractivity contribution in [1.82, 2.24) is 15.2 Å². The highest BCUT2D eigenvalue weighted by molar-refractivity contribution is 7.15. The third kappa shape index (κ3) is 3.73. The summed E-state index contributed by atoms with van der Waals surface area (Å²) in [5, 5.41) is 16.0. The van der Waals surface area contributed by atoms with Crippen molar-refractivity contribution in [2.75, 3.05) is 32.0 Å². The van der Waals surface area contributed by atoms with E-state index in [1.165, 1.54) is 16.2 Å². The van der Waals surface area contributed by atoms with Gasteiger partial charge in [0.2, 0.25) is 0 Å². The molecule has 1 aromatic heterocycles. The highest BCUT2D eigenvalue weighted by Gasteiger charge is 2.34. The number of thiazole rings is 1. The first kappa shape index (κ1) is 18.1. The van der Waals surface area contributed by atoms with Crippen LogP contribution in [0.5, 0.6) is 0 Å². The van der Waals surface area contributed by atoms with Gasteiger partial charge in [0.1, 0.15) is 0 Å². The van der Waals surface area contributed by atoms with Gasteiger partial charge in [-0.3, -0.25) is 14.9 Å². The van der Waals surface area contributed by atoms with Gasteiger partial charge in [0.15, 0.2) is 5.13 Å². The molecule has 0 bridgehead atoms. The van der Waals surface area contributed by atoms with Crippen LogP contribution in [0.1, 0.15) is 32.4 Å². The second kappa shape index (κ2) is 7.38. The van der Waals surface area contributed by atoms with Crippen LogP contribution in [0.4, 0.5) is 5.13 Å². The third-order valence-corrected chi connectivity index (χ3v) is 6.25. The molecule has 0 unspecified atom stereocenters. The predicted octanol–water partition coefficient (Wildman–Crippen LogP) is 1.77. The first-order valence-electron chi connectivity index (χ1n) is 9.03. The number of carboxylic acids is 1. The van der Waals surface area contributed by atoms with E-state index in [1.807, 2.05) is 12.1 Å². The number of nitrogens with one attached hydrogen (secondary N) is 2. The molecule has 0 spiro atoms. The molecular formula is C19H22N4O3S. The summed E-state index contributed by atoms with van der Waals surface area (Å²) in [6.07, 6.45) is 0.902. The fraction of sp³-hybridized carbons (Fsp3) is 0.421. The van der Waals surface area contributed by atoms with E-state index >= 15 is 0 Å². The van der Waals surface area contributed by atoms with E-state index < -0.39 is 11.9 Å². The Kier molecular flexibility index (Phi) is 4.94. The summed E-state index contributed by atoms with van der Waals surface area (Å²) in [7, 11) is 2.08. The Morgan fingerprint density at radius 1 is 1.37 bits per heavy atom. The summed E-state index contributed by atoms with van der Waals surface area (Å²) in [6, 6.07) is 7.24. The molecule has 4 rings (SSSR count). The predicted molar refractivity (Wildman–Crippen MR) is 103 cm³/mol. The van der Waals surface area contributed by atoms with Crippen LogP contribution in [0.15, 0.2) is 24.3 Å².